The molecule has 0 aromatic heterocycles. The van der Waals surface area contributed by atoms with Crippen molar-refractivity contribution >= 4 is 16.0 Å². The molecule has 0 atom stereocenters. The highest BCUT2D eigenvalue weighted by molar-refractivity contribution is 7.88. The van der Waals surface area contributed by atoms with Crippen molar-refractivity contribution in [2.24, 2.45) is 4.99 Å². The smallest absolute Gasteiger partial charge is 0.218 e. The van der Waals surface area contributed by atoms with Crippen molar-refractivity contribution in [1.82, 2.24) is 14.9 Å². The number of rotatable bonds is 7. The van der Waals surface area contributed by atoms with Crippen molar-refractivity contribution < 1.29 is 13.2 Å². The molecule has 0 saturated carbocycles. The number of morpholine rings is 1. The standard InChI is InChI=1S/C21H28N4O3S/c1-22-21(23-15-18-7-3-2-4-8-18)24-16-19-9-5-6-10-20(19)17-29(26,27)25-11-13-28-14-12-25/h2-10H,11-17H2,1H3,(H2,22,23,24). The molecule has 156 valence electrons. The largest absolute Gasteiger partial charge is 0.379 e. The second-order valence-corrected chi connectivity index (χ2v) is 8.77. The number of nitrogens with zero attached hydrogens (tertiary/aromatic N) is 2. The Morgan fingerprint density at radius 1 is 0.966 bits per heavy atom. The zero-order valence-electron chi connectivity index (χ0n) is 16.7. The van der Waals surface area contributed by atoms with Gasteiger partial charge in [0.2, 0.25) is 10.0 Å². The molecule has 3 rings (SSSR count). The molecule has 0 unspecified atom stereocenters. The molecule has 0 bridgehead atoms. The van der Waals surface area contributed by atoms with Gasteiger partial charge in [-0.25, -0.2) is 8.42 Å². The van der Waals surface area contributed by atoms with E-state index in [1.165, 1.54) is 4.31 Å². The van der Waals surface area contributed by atoms with Gasteiger partial charge >= 0.3 is 0 Å². The van der Waals surface area contributed by atoms with Crippen molar-refractivity contribution in [2.45, 2.75) is 18.8 Å². The van der Waals surface area contributed by atoms with E-state index < -0.39 is 10.0 Å². The van der Waals surface area contributed by atoms with Crippen LogP contribution in [0.3, 0.4) is 0 Å². The van der Waals surface area contributed by atoms with E-state index in [-0.39, 0.29) is 5.75 Å². The average Bonchev–Trinajstić information content (AvgIpc) is 2.76. The van der Waals surface area contributed by atoms with Crippen LogP contribution >= 0.6 is 0 Å². The molecular formula is C21H28N4O3S. The van der Waals surface area contributed by atoms with Gasteiger partial charge in [0.05, 0.1) is 19.0 Å². The number of hydrogen-bond acceptors (Lipinski definition) is 4. The fourth-order valence-electron chi connectivity index (χ4n) is 3.16. The van der Waals surface area contributed by atoms with Crippen molar-refractivity contribution in [3.8, 4) is 0 Å². The number of guanidine groups is 1. The first-order chi connectivity index (χ1) is 14.1. The molecular weight excluding hydrogens is 388 g/mol. The van der Waals surface area contributed by atoms with Crippen molar-refractivity contribution in [1.29, 1.82) is 0 Å². The quantitative estimate of drug-likeness (QED) is 0.530. The number of nitrogens with one attached hydrogen (secondary N) is 2. The number of hydrogen-bond donors (Lipinski definition) is 2. The predicted octanol–water partition coefficient (Wildman–Crippen LogP) is 1.71. The summed E-state index contributed by atoms with van der Waals surface area (Å²) in [4.78, 5) is 4.25. The molecule has 8 heteroatoms. The Bertz CT molecular complexity index is 911. The maximum atomic E-state index is 12.8. The lowest BCUT2D eigenvalue weighted by Gasteiger charge is -2.26. The van der Waals surface area contributed by atoms with E-state index in [0.29, 0.717) is 45.4 Å². The number of ether oxygens (including phenoxy) is 1. The van der Waals surface area contributed by atoms with Crippen molar-refractivity contribution in [3.05, 3.63) is 71.3 Å². The third kappa shape index (κ3) is 6.28. The van der Waals surface area contributed by atoms with Gasteiger partial charge in [-0.15, -0.1) is 0 Å². The molecule has 1 aliphatic rings. The molecule has 2 aromatic carbocycles. The molecule has 2 aromatic rings. The highest BCUT2D eigenvalue weighted by Gasteiger charge is 2.25. The van der Waals surface area contributed by atoms with E-state index in [2.05, 4.69) is 15.6 Å². The van der Waals surface area contributed by atoms with Crippen molar-refractivity contribution in [2.75, 3.05) is 33.4 Å². The first kappa shape index (κ1) is 21.3. The van der Waals surface area contributed by atoms with Gasteiger partial charge in [0.1, 0.15) is 0 Å². The topological polar surface area (TPSA) is 83.0 Å². The van der Waals surface area contributed by atoms with E-state index in [4.69, 9.17) is 4.74 Å². The number of sulfonamides is 1. The number of benzene rings is 2. The molecule has 0 aliphatic carbocycles. The summed E-state index contributed by atoms with van der Waals surface area (Å²) in [5, 5.41) is 6.55. The van der Waals surface area contributed by atoms with Gasteiger partial charge in [-0.2, -0.15) is 4.31 Å². The summed E-state index contributed by atoms with van der Waals surface area (Å²) < 4.78 is 32.3. The Labute approximate surface area is 172 Å². The fraction of sp³-hybridized carbons (Fsp3) is 0.381. The summed E-state index contributed by atoms with van der Waals surface area (Å²) in [5.41, 5.74) is 2.89. The van der Waals surface area contributed by atoms with Crippen molar-refractivity contribution in [3.63, 3.8) is 0 Å². The summed E-state index contributed by atoms with van der Waals surface area (Å²) in [7, 11) is -1.65. The lowest BCUT2D eigenvalue weighted by atomic mass is 10.1. The maximum absolute atomic E-state index is 12.8. The zero-order chi connectivity index (χ0) is 20.5. The summed E-state index contributed by atoms with van der Waals surface area (Å²) in [5.74, 6) is 0.653. The van der Waals surface area contributed by atoms with Crippen LogP contribution in [0.25, 0.3) is 0 Å². The van der Waals surface area contributed by atoms with Crippen LogP contribution in [-0.4, -0.2) is 52.0 Å². The SMILES string of the molecule is CN=C(NCc1ccccc1)NCc1ccccc1CS(=O)(=O)N1CCOCC1. The van der Waals surface area contributed by atoms with Gasteiger partial charge in [0.15, 0.2) is 5.96 Å². The second kappa shape index (κ2) is 10.4. The molecule has 29 heavy (non-hydrogen) atoms. The normalized spacial score (nSPS) is 15.8. The van der Waals surface area contributed by atoms with E-state index >= 15 is 0 Å². The Balaban J connectivity index is 1.61. The molecule has 1 heterocycles. The Hall–Kier alpha value is -2.42. The fourth-order valence-corrected chi connectivity index (χ4v) is 4.73. The van der Waals surface area contributed by atoms with E-state index in [1.54, 1.807) is 7.05 Å². The first-order valence-electron chi connectivity index (χ1n) is 9.69. The lowest BCUT2D eigenvalue weighted by molar-refractivity contribution is 0.0729. The van der Waals surface area contributed by atoms with Crippen LogP contribution in [0.1, 0.15) is 16.7 Å². The zero-order valence-corrected chi connectivity index (χ0v) is 17.5. The lowest BCUT2D eigenvalue weighted by Crippen LogP contribution is -2.41. The van der Waals surface area contributed by atoms with Crippen LogP contribution in [0.15, 0.2) is 59.6 Å². The van der Waals surface area contributed by atoms with Gasteiger partial charge in [-0.1, -0.05) is 54.6 Å². The Morgan fingerprint density at radius 3 is 2.28 bits per heavy atom. The van der Waals surface area contributed by atoms with Gasteiger partial charge in [-0.3, -0.25) is 4.99 Å². The van der Waals surface area contributed by atoms with E-state index in [1.807, 2.05) is 54.6 Å². The average molecular weight is 417 g/mol. The Kier molecular flexibility index (Phi) is 7.62. The highest BCUT2D eigenvalue weighted by atomic mass is 32.2. The van der Waals surface area contributed by atoms with E-state index in [9.17, 15) is 8.42 Å². The summed E-state index contributed by atoms with van der Waals surface area (Å²) in [6, 6.07) is 17.7. The second-order valence-electron chi connectivity index (χ2n) is 6.80. The first-order valence-corrected chi connectivity index (χ1v) is 11.3. The van der Waals surface area contributed by atoms with E-state index in [0.717, 1.165) is 16.7 Å². The van der Waals surface area contributed by atoms with Crippen LogP contribution in [0.5, 0.6) is 0 Å². The summed E-state index contributed by atoms with van der Waals surface area (Å²) in [6.07, 6.45) is 0. The molecule has 0 spiro atoms. The van der Waals surface area contributed by atoms with Gasteiger partial charge in [0, 0.05) is 33.2 Å². The Morgan fingerprint density at radius 2 is 1.59 bits per heavy atom. The van der Waals surface area contributed by atoms with Gasteiger partial charge in [-0.05, 0) is 16.7 Å². The third-order valence-corrected chi connectivity index (χ3v) is 6.62. The summed E-state index contributed by atoms with van der Waals surface area (Å²) >= 11 is 0. The van der Waals surface area contributed by atoms with Crippen LogP contribution < -0.4 is 10.6 Å². The minimum absolute atomic E-state index is 0.0130. The van der Waals surface area contributed by atoms with Gasteiger partial charge in [0.25, 0.3) is 0 Å². The van der Waals surface area contributed by atoms with Gasteiger partial charge < -0.3 is 15.4 Å². The molecule has 0 radical (unpaired) electrons. The third-order valence-electron chi connectivity index (χ3n) is 4.79. The minimum atomic E-state index is -3.37. The van der Waals surface area contributed by atoms with Crippen LogP contribution in [0.4, 0.5) is 0 Å². The molecule has 2 N–H and O–H groups in total. The molecule has 1 fully saturated rings. The molecule has 7 nitrogen and oxygen atoms in total. The highest BCUT2D eigenvalue weighted by Crippen LogP contribution is 2.16. The minimum Gasteiger partial charge on any atom is -0.379 e. The number of aliphatic imine (C=N–C) groups is 1. The summed E-state index contributed by atoms with van der Waals surface area (Å²) in [6.45, 7) is 2.88. The molecule has 1 saturated heterocycles. The van der Waals surface area contributed by atoms with Crippen LogP contribution in [0.2, 0.25) is 0 Å². The predicted molar refractivity (Wildman–Crippen MR) is 115 cm³/mol. The maximum Gasteiger partial charge on any atom is 0.218 e. The van der Waals surface area contributed by atoms with Crippen LogP contribution in [0, 0.1) is 0 Å². The molecule has 0 amide bonds. The monoisotopic (exact) mass is 416 g/mol. The molecule has 1 aliphatic heterocycles. The van der Waals surface area contributed by atoms with Crippen LogP contribution in [-0.2, 0) is 33.6 Å².